The summed E-state index contributed by atoms with van der Waals surface area (Å²) >= 11 is 0. The first-order valence-corrected chi connectivity index (χ1v) is 5.22. The van der Waals surface area contributed by atoms with Crippen molar-refractivity contribution in [1.29, 1.82) is 0 Å². The molecule has 0 aliphatic carbocycles. The lowest BCUT2D eigenvalue weighted by molar-refractivity contribution is -0.139. The lowest BCUT2D eigenvalue weighted by Gasteiger charge is -2.00. The van der Waals surface area contributed by atoms with E-state index in [2.05, 4.69) is 14.8 Å². The highest BCUT2D eigenvalue weighted by atomic mass is 16.5. The molecule has 0 amide bonds. The van der Waals surface area contributed by atoms with Gasteiger partial charge in [0, 0.05) is 18.0 Å². The van der Waals surface area contributed by atoms with E-state index in [1.165, 1.54) is 7.11 Å². The minimum absolute atomic E-state index is 0.225. The van der Waals surface area contributed by atoms with Crippen LogP contribution in [0.3, 0.4) is 0 Å². The predicted octanol–water partition coefficient (Wildman–Crippen LogP) is 1.29. The van der Waals surface area contributed by atoms with E-state index in [0.29, 0.717) is 0 Å². The van der Waals surface area contributed by atoms with Crippen LogP contribution in [0.25, 0.3) is 5.82 Å². The monoisotopic (exact) mass is 231 g/mol. The highest BCUT2D eigenvalue weighted by molar-refractivity contribution is 5.72. The van der Waals surface area contributed by atoms with Crippen LogP contribution in [0.2, 0.25) is 0 Å². The third-order valence-corrected chi connectivity index (χ3v) is 2.35. The van der Waals surface area contributed by atoms with Crippen molar-refractivity contribution in [1.82, 2.24) is 14.8 Å². The zero-order valence-electron chi connectivity index (χ0n) is 9.75. The fourth-order valence-electron chi connectivity index (χ4n) is 1.46. The second kappa shape index (κ2) is 4.78. The highest BCUT2D eigenvalue weighted by Crippen LogP contribution is 2.08. The van der Waals surface area contributed by atoms with E-state index in [1.807, 2.05) is 19.1 Å². The minimum Gasteiger partial charge on any atom is -0.469 e. The molecule has 0 fully saturated rings. The number of aromatic nitrogens is 3. The summed E-state index contributed by atoms with van der Waals surface area (Å²) in [6, 6.07) is 3.84. The zero-order chi connectivity index (χ0) is 12.3. The smallest absolute Gasteiger partial charge is 0.310 e. The Morgan fingerprint density at radius 2 is 2.35 bits per heavy atom. The molecule has 2 heterocycles. The molecule has 0 spiro atoms. The van der Waals surface area contributed by atoms with Gasteiger partial charge in [-0.15, -0.1) is 0 Å². The molecule has 0 saturated heterocycles. The first-order valence-electron chi connectivity index (χ1n) is 5.22. The Morgan fingerprint density at radius 3 is 3.06 bits per heavy atom. The Labute approximate surface area is 99.1 Å². The van der Waals surface area contributed by atoms with Crippen molar-refractivity contribution in [2.75, 3.05) is 7.11 Å². The molecule has 0 bridgehead atoms. The van der Waals surface area contributed by atoms with E-state index in [1.54, 1.807) is 23.3 Å². The van der Waals surface area contributed by atoms with E-state index in [4.69, 9.17) is 0 Å². The number of hydrogen-bond acceptors (Lipinski definition) is 4. The first-order chi connectivity index (χ1) is 8.19. The molecule has 0 saturated carbocycles. The molecule has 0 N–H and O–H groups in total. The van der Waals surface area contributed by atoms with Crippen LogP contribution in [0.15, 0.2) is 30.7 Å². The summed E-state index contributed by atoms with van der Waals surface area (Å²) < 4.78 is 6.24. The predicted molar refractivity (Wildman–Crippen MR) is 61.8 cm³/mol. The van der Waals surface area contributed by atoms with Gasteiger partial charge in [-0.25, -0.2) is 9.67 Å². The van der Waals surface area contributed by atoms with Gasteiger partial charge in [0.05, 0.1) is 19.7 Å². The Morgan fingerprint density at radius 1 is 1.53 bits per heavy atom. The fourth-order valence-corrected chi connectivity index (χ4v) is 1.46. The van der Waals surface area contributed by atoms with Gasteiger partial charge in [0.2, 0.25) is 0 Å². The second-order valence-corrected chi connectivity index (χ2v) is 3.74. The van der Waals surface area contributed by atoms with Gasteiger partial charge in [-0.3, -0.25) is 4.79 Å². The highest BCUT2D eigenvalue weighted by Gasteiger charge is 2.06. The van der Waals surface area contributed by atoms with Crippen molar-refractivity contribution in [3.63, 3.8) is 0 Å². The van der Waals surface area contributed by atoms with E-state index in [0.717, 1.165) is 16.9 Å². The summed E-state index contributed by atoms with van der Waals surface area (Å²) in [5, 5.41) is 4.16. The van der Waals surface area contributed by atoms with Gasteiger partial charge in [-0.2, -0.15) is 5.10 Å². The SMILES string of the molecule is COC(=O)Cc1cnn(-c2cc(C)ccn2)c1. The molecule has 5 nitrogen and oxygen atoms in total. The van der Waals surface area contributed by atoms with Gasteiger partial charge in [0.25, 0.3) is 0 Å². The maximum atomic E-state index is 11.1. The Hall–Kier alpha value is -2.17. The Kier molecular flexibility index (Phi) is 3.18. The van der Waals surface area contributed by atoms with Crippen molar-refractivity contribution in [2.45, 2.75) is 13.3 Å². The number of rotatable bonds is 3. The molecule has 0 radical (unpaired) electrons. The van der Waals surface area contributed by atoms with E-state index >= 15 is 0 Å². The van der Waals surface area contributed by atoms with Gasteiger partial charge in [-0.1, -0.05) is 0 Å². The molecule has 2 aromatic heterocycles. The second-order valence-electron chi connectivity index (χ2n) is 3.74. The number of pyridine rings is 1. The standard InChI is InChI=1S/C12H13N3O2/c1-9-3-4-13-11(5-9)15-8-10(7-14-15)6-12(16)17-2/h3-5,7-8H,6H2,1-2H3. The molecule has 17 heavy (non-hydrogen) atoms. The van der Waals surface area contributed by atoms with Crippen molar-refractivity contribution in [3.8, 4) is 5.82 Å². The van der Waals surface area contributed by atoms with Crippen LogP contribution in [0.1, 0.15) is 11.1 Å². The van der Waals surface area contributed by atoms with Crippen LogP contribution in [0, 0.1) is 6.92 Å². The summed E-state index contributed by atoms with van der Waals surface area (Å²) in [5.41, 5.74) is 1.92. The molecule has 88 valence electrons. The summed E-state index contributed by atoms with van der Waals surface area (Å²) in [7, 11) is 1.37. The van der Waals surface area contributed by atoms with Crippen LogP contribution in [0.5, 0.6) is 0 Å². The third-order valence-electron chi connectivity index (χ3n) is 2.35. The maximum absolute atomic E-state index is 11.1. The third kappa shape index (κ3) is 2.69. The van der Waals surface area contributed by atoms with Crippen LogP contribution in [-0.4, -0.2) is 27.8 Å². The number of methoxy groups -OCH3 is 1. The Balaban J connectivity index is 2.21. The van der Waals surface area contributed by atoms with Gasteiger partial charge in [-0.05, 0) is 24.6 Å². The zero-order valence-corrected chi connectivity index (χ0v) is 9.75. The molecule has 0 aromatic carbocycles. The van der Waals surface area contributed by atoms with Crippen LogP contribution < -0.4 is 0 Å². The number of ether oxygens (including phenoxy) is 1. The van der Waals surface area contributed by atoms with Crippen LogP contribution in [-0.2, 0) is 16.0 Å². The molecule has 2 aromatic rings. The molecule has 0 aliphatic rings. The number of hydrogen-bond donors (Lipinski definition) is 0. The summed E-state index contributed by atoms with van der Waals surface area (Å²) in [4.78, 5) is 15.3. The van der Waals surface area contributed by atoms with Gasteiger partial charge < -0.3 is 4.74 Å². The average molecular weight is 231 g/mol. The first kappa shape index (κ1) is 11.3. The van der Waals surface area contributed by atoms with Gasteiger partial charge in [0.15, 0.2) is 5.82 Å². The number of nitrogens with zero attached hydrogens (tertiary/aromatic N) is 3. The van der Waals surface area contributed by atoms with Crippen molar-refractivity contribution in [3.05, 3.63) is 41.9 Å². The van der Waals surface area contributed by atoms with Gasteiger partial charge >= 0.3 is 5.97 Å². The minimum atomic E-state index is -0.276. The number of aryl methyl sites for hydroxylation is 1. The van der Waals surface area contributed by atoms with Gasteiger partial charge in [0.1, 0.15) is 0 Å². The number of carbonyl (C=O) groups is 1. The van der Waals surface area contributed by atoms with Crippen molar-refractivity contribution >= 4 is 5.97 Å². The lowest BCUT2D eigenvalue weighted by atomic mass is 10.2. The lowest BCUT2D eigenvalue weighted by Crippen LogP contribution is -2.03. The van der Waals surface area contributed by atoms with E-state index < -0.39 is 0 Å². The van der Waals surface area contributed by atoms with E-state index in [9.17, 15) is 4.79 Å². The van der Waals surface area contributed by atoms with Crippen molar-refractivity contribution < 1.29 is 9.53 Å². The summed E-state index contributed by atoms with van der Waals surface area (Å²) in [6.45, 7) is 1.99. The van der Waals surface area contributed by atoms with Crippen LogP contribution in [0.4, 0.5) is 0 Å². The number of carbonyl (C=O) groups excluding carboxylic acids is 1. The molecule has 5 heteroatoms. The summed E-state index contributed by atoms with van der Waals surface area (Å²) in [6.07, 6.45) is 5.37. The normalized spacial score (nSPS) is 10.2. The maximum Gasteiger partial charge on any atom is 0.310 e. The van der Waals surface area contributed by atoms with Crippen molar-refractivity contribution in [2.24, 2.45) is 0 Å². The number of esters is 1. The van der Waals surface area contributed by atoms with E-state index in [-0.39, 0.29) is 12.4 Å². The largest absolute Gasteiger partial charge is 0.469 e. The molecular weight excluding hydrogens is 218 g/mol. The fraction of sp³-hybridized carbons (Fsp3) is 0.250. The molecule has 0 aliphatic heterocycles. The Bertz CT molecular complexity index is 534. The van der Waals surface area contributed by atoms with Crippen LogP contribution >= 0.6 is 0 Å². The average Bonchev–Trinajstić information content (AvgIpc) is 2.77. The molecule has 0 atom stereocenters. The molecule has 2 rings (SSSR count). The quantitative estimate of drug-likeness (QED) is 0.747. The summed E-state index contributed by atoms with van der Waals surface area (Å²) in [5.74, 6) is 0.461. The molecular formula is C12H13N3O2. The molecule has 0 unspecified atom stereocenters. The topological polar surface area (TPSA) is 57.0 Å².